The third kappa shape index (κ3) is 2.72. The summed E-state index contributed by atoms with van der Waals surface area (Å²) >= 11 is 12.7. The number of para-hydroxylation sites is 1. The van der Waals surface area contributed by atoms with Crippen LogP contribution in [-0.4, -0.2) is 15.2 Å². The minimum atomic E-state index is -0.358. The lowest BCUT2D eigenvalue weighted by molar-refractivity contribution is 0.956. The summed E-state index contributed by atoms with van der Waals surface area (Å²) < 4.78 is 0. The Labute approximate surface area is 177 Å². The highest BCUT2D eigenvalue weighted by atomic mass is 35.5. The fourth-order valence-corrected chi connectivity index (χ4v) is 4.54. The van der Waals surface area contributed by atoms with Gasteiger partial charge >= 0.3 is 0 Å². The predicted molar refractivity (Wildman–Crippen MR) is 116 cm³/mol. The zero-order chi connectivity index (χ0) is 20.1. The molecule has 0 radical (unpaired) electrons. The minimum Gasteiger partial charge on any atom is -0.360 e. The van der Waals surface area contributed by atoms with Gasteiger partial charge in [0, 0.05) is 44.0 Å². The summed E-state index contributed by atoms with van der Waals surface area (Å²) in [6.45, 7) is 1.94. The van der Waals surface area contributed by atoms with E-state index in [4.69, 9.17) is 23.2 Å². The summed E-state index contributed by atoms with van der Waals surface area (Å²) in [7, 11) is 0. The quantitative estimate of drug-likeness (QED) is 0.372. The summed E-state index contributed by atoms with van der Waals surface area (Å²) in [4.78, 5) is 3.28. The first kappa shape index (κ1) is 17.9. The standard InChI is InChI=1S/C22H15Cl2N5/c1-11-19-20(14-7-6-12(23)8-17(14)24)15(9-25)21(27-22(19)29-28-11)16-10-26-18-5-3-2-4-13(16)18/h2-8,10,20,26H,1H3,(H2,27,28,29). The van der Waals surface area contributed by atoms with Gasteiger partial charge in [-0.25, -0.2) is 0 Å². The van der Waals surface area contributed by atoms with Crippen LogP contribution in [0.3, 0.4) is 0 Å². The van der Waals surface area contributed by atoms with E-state index in [1.54, 1.807) is 12.1 Å². The number of hydrogen-bond donors (Lipinski definition) is 3. The summed E-state index contributed by atoms with van der Waals surface area (Å²) in [6.07, 6.45) is 1.91. The first-order valence-electron chi connectivity index (χ1n) is 9.06. The molecule has 7 heteroatoms. The van der Waals surface area contributed by atoms with E-state index in [1.165, 1.54) is 0 Å². The predicted octanol–water partition coefficient (Wildman–Crippen LogP) is 6.00. The molecule has 0 aliphatic carbocycles. The highest BCUT2D eigenvalue weighted by Crippen LogP contribution is 2.47. The third-order valence-electron chi connectivity index (χ3n) is 5.34. The van der Waals surface area contributed by atoms with Crippen LogP contribution in [0.2, 0.25) is 10.0 Å². The van der Waals surface area contributed by atoms with Crippen molar-refractivity contribution in [3.05, 3.63) is 86.7 Å². The van der Waals surface area contributed by atoms with Crippen molar-refractivity contribution in [1.82, 2.24) is 15.2 Å². The van der Waals surface area contributed by atoms with E-state index in [1.807, 2.05) is 43.5 Å². The van der Waals surface area contributed by atoms with Gasteiger partial charge in [0.15, 0.2) is 5.82 Å². The van der Waals surface area contributed by atoms with Gasteiger partial charge in [-0.2, -0.15) is 10.4 Å². The van der Waals surface area contributed by atoms with Crippen LogP contribution in [0.15, 0.2) is 54.2 Å². The van der Waals surface area contributed by atoms with Gasteiger partial charge in [0.25, 0.3) is 0 Å². The van der Waals surface area contributed by atoms with Crippen molar-refractivity contribution >= 4 is 45.6 Å². The molecule has 0 bridgehead atoms. The van der Waals surface area contributed by atoms with Gasteiger partial charge in [-0.05, 0) is 30.7 Å². The third-order valence-corrected chi connectivity index (χ3v) is 5.90. The molecule has 5 rings (SSSR count). The van der Waals surface area contributed by atoms with E-state index in [0.29, 0.717) is 21.4 Å². The number of nitrogens with zero attached hydrogens (tertiary/aromatic N) is 2. The molecule has 29 heavy (non-hydrogen) atoms. The zero-order valence-electron chi connectivity index (χ0n) is 15.3. The Morgan fingerprint density at radius 3 is 2.76 bits per heavy atom. The Morgan fingerprint density at radius 2 is 1.97 bits per heavy atom. The van der Waals surface area contributed by atoms with Crippen molar-refractivity contribution < 1.29 is 0 Å². The van der Waals surface area contributed by atoms with E-state index in [-0.39, 0.29) is 5.92 Å². The number of aryl methyl sites for hydroxylation is 1. The maximum absolute atomic E-state index is 10.2. The molecule has 4 aromatic rings. The Morgan fingerprint density at radius 1 is 1.14 bits per heavy atom. The molecule has 142 valence electrons. The smallest absolute Gasteiger partial charge is 0.156 e. The molecule has 0 saturated carbocycles. The summed E-state index contributed by atoms with van der Waals surface area (Å²) in [5.74, 6) is 0.334. The van der Waals surface area contributed by atoms with Crippen molar-refractivity contribution in [3.8, 4) is 6.07 Å². The molecule has 1 aliphatic heterocycles. The van der Waals surface area contributed by atoms with Gasteiger partial charge in [-0.3, -0.25) is 5.10 Å². The molecular formula is C22H15Cl2N5. The van der Waals surface area contributed by atoms with Gasteiger partial charge in [0.2, 0.25) is 0 Å². The van der Waals surface area contributed by atoms with Crippen molar-refractivity contribution in [2.24, 2.45) is 0 Å². The highest BCUT2D eigenvalue weighted by molar-refractivity contribution is 6.35. The fraction of sp³-hybridized carbons (Fsp3) is 0.0909. The van der Waals surface area contributed by atoms with Gasteiger partial charge in [0.1, 0.15) is 0 Å². The van der Waals surface area contributed by atoms with Gasteiger partial charge in [-0.1, -0.05) is 47.5 Å². The molecule has 3 heterocycles. The van der Waals surface area contributed by atoms with Crippen LogP contribution in [0.5, 0.6) is 0 Å². The second kappa shape index (κ2) is 6.70. The maximum atomic E-state index is 10.2. The molecule has 3 N–H and O–H groups in total. The molecule has 0 amide bonds. The van der Waals surface area contributed by atoms with E-state index in [9.17, 15) is 5.26 Å². The minimum absolute atomic E-state index is 0.358. The van der Waals surface area contributed by atoms with Crippen LogP contribution in [0.25, 0.3) is 16.6 Å². The SMILES string of the molecule is Cc1[nH]nc2c1C(c1ccc(Cl)cc1Cl)C(C#N)=C(c1c[nH]c3ccccc13)N2. The molecule has 0 saturated heterocycles. The van der Waals surface area contributed by atoms with Crippen LogP contribution in [-0.2, 0) is 0 Å². The van der Waals surface area contributed by atoms with Crippen LogP contribution < -0.4 is 5.32 Å². The van der Waals surface area contributed by atoms with Crippen molar-refractivity contribution in [1.29, 1.82) is 5.26 Å². The van der Waals surface area contributed by atoms with Crippen LogP contribution >= 0.6 is 23.2 Å². The largest absolute Gasteiger partial charge is 0.360 e. The molecule has 1 atom stereocenters. The molecule has 2 aromatic heterocycles. The molecule has 0 spiro atoms. The number of halogens is 2. The Kier molecular flexibility index (Phi) is 4.13. The van der Waals surface area contributed by atoms with Crippen molar-refractivity contribution in [2.75, 3.05) is 5.32 Å². The monoisotopic (exact) mass is 419 g/mol. The van der Waals surface area contributed by atoms with E-state index in [2.05, 4.69) is 26.6 Å². The average molecular weight is 420 g/mol. The lowest BCUT2D eigenvalue weighted by Gasteiger charge is -2.27. The van der Waals surface area contributed by atoms with Crippen LogP contribution in [0.4, 0.5) is 5.82 Å². The van der Waals surface area contributed by atoms with Crippen LogP contribution in [0.1, 0.15) is 28.3 Å². The highest BCUT2D eigenvalue weighted by Gasteiger charge is 2.35. The number of benzene rings is 2. The molecule has 5 nitrogen and oxygen atoms in total. The Balaban J connectivity index is 1.81. The van der Waals surface area contributed by atoms with E-state index >= 15 is 0 Å². The molecule has 1 unspecified atom stereocenters. The van der Waals surface area contributed by atoms with E-state index < -0.39 is 0 Å². The summed E-state index contributed by atoms with van der Waals surface area (Å²) in [5.41, 5.74) is 5.83. The molecular weight excluding hydrogens is 405 g/mol. The Hall–Kier alpha value is -3.20. The second-order valence-corrected chi connectivity index (χ2v) is 7.83. The van der Waals surface area contributed by atoms with Crippen molar-refractivity contribution in [2.45, 2.75) is 12.8 Å². The normalized spacial score (nSPS) is 15.9. The van der Waals surface area contributed by atoms with Gasteiger partial charge in [0.05, 0.1) is 23.3 Å². The fourth-order valence-electron chi connectivity index (χ4n) is 4.02. The number of rotatable bonds is 2. The zero-order valence-corrected chi connectivity index (χ0v) is 16.9. The molecule has 0 fully saturated rings. The number of fused-ring (bicyclic) bond motifs is 2. The number of hydrogen-bond acceptors (Lipinski definition) is 3. The number of nitrogens with one attached hydrogen (secondary N) is 3. The first-order valence-corrected chi connectivity index (χ1v) is 9.81. The van der Waals surface area contributed by atoms with Crippen LogP contribution in [0, 0.1) is 18.3 Å². The van der Waals surface area contributed by atoms with Crippen molar-refractivity contribution in [3.63, 3.8) is 0 Å². The number of aromatic nitrogens is 3. The van der Waals surface area contributed by atoms with Gasteiger partial charge in [-0.15, -0.1) is 0 Å². The average Bonchev–Trinajstić information content (AvgIpc) is 3.30. The topological polar surface area (TPSA) is 80.3 Å². The number of anilines is 1. The van der Waals surface area contributed by atoms with Gasteiger partial charge < -0.3 is 10.3 Å². The molecule has 1 aliphatic rings. The second-order valence-electron chi connectivity index (χ2n) is 6.98. The maximum Gasteiger partial charge on any atom is 0.156 e. The number of allylic oxidation sites excluding steroid dienone is 1. The number of H-pyrrole nitrogens is 2. The lowest BCUT2D eigenvalue weighted by Crippen LogP contribution is -2.18. The van der Waals surface area contributed by atoms with E-state index in [0.717, 1.165) is 39.0 Å². The number of nitriles is 1. The number of aromatic amines is 2. The summed E-state index contributed by atoms with van der Waals surface area (Å²) in [6, 6.07) is 15.8. The molecule has 2 aromatic carbocycles. The summed E-state index contributed by atoms with van der Waals surface area (Å²) in [5, 5.41) is 23.1. The first-order chi connectivity index (χ1) is 14.1. The Bertz CT molecular complexity index is 1340. The lowest BCUT2D eigenvalue weighted by atomic mass is 9.81.